The van der Waals surface area contributed by atoms with Crippen LogP contribution in [0, 0.1) is 0 Å². The van der Waals surface area contributed by atoms with Crippen LogP contribution in [0.4, 0.5) is 0 Å². The van der Waals surface area contributed by atoms with Gasteiger partial charge < -0.3 is 25.0 Å². The number of halogens is 1. The number of rotatable bonds is 7. The van der Waals surface area contributed by atoms with Crippen LogP contribution in [0.1, 0.15) is 41.0 Å². The van der Waals surface area contributed by atoms with E-state index in [9.17, 15) is 20.1 Å². The molecule has 1 unspecified atom stereocenters. The van der Waals surface area contributed by atoms with Crippen LogP contribution in [-0.2, 0) is 0 Å². The molecule has 0 saturated heterocycles. The quantitative estimate of drug-likeness (QED) is 0.443. The summed E-state index contributed by atoms with van der Waals surface area (Å²) >= 11 is 0. The second-order valence-electron chi connectivity index (χ2n) is 7.02. The molecule has 1 aliphatic rings. The number of H-pyrrole nitrogens is 1. The average Bonchev–Trinajstić information content (AvgIpc) is 3.28. The molecular weight excluding hydrogens is 422 g/mol. The molecule has 4 N–H and O–H groups in total. The van der Waals surface area contributed by atoms with E-state index in [0.29, 0.717) is 47.8 Å². The fourth-order valence-electron chi connectivity index (χ4n) is 3.87. The molecule has 8 nitrogen and oxygen atoms in total. The normalized spacial score (nSPS) is 15.0. The lowest BCUT2D eigenvalue weighted by molar-refractivity contribution is 0.0732. The molecule has 2 aromatic carbocycles. The van der Waals surface area contributed by atoms with Crippen LogP contribution < -0.4 is 4.74 Å². The van der Waals surface area contributed by atoms with Crippen LogP contribution in [-0.4, -0.2) is 56.1 Å². The van der Waals surface area contributed by atoms with E-state index < -0.39 is 6.04 Å². The van der Waals surface area contributed by atoms with Crippen molar-refractivity contribution in [2.75, 3.05) is 19.8 Å². The number of aromatic nitrogens is 2. The molecule has 9 heteroatoms. The minimum Gasteiger partial charge on any atom is -0.507 e. The number of aromatic hydroxyl groups is 2. The molecule has 31 heavy (non-hydrogen) atoms. The third-order valence-electron chi connectivity index (χ3n) is 5.18. The van der Waals surface area contributed by atoms with Gasteiger partial charge in [-0.2, -0.15) is 5.10 Å². The summed E-state index contributed by atoms with van der Waals surface area (Å²) in [4.78, 5) is 14.8. The van der Waals surface area contributed by atoms with Crippen LogP contribution in [0.3, 0.4) is 0 Å². The number of para-hydroxylation sites is 1. The van der Waals surface area contributed by atoms with E-state index >= 15 is 0 Å². The predicted octanol–water partition coefficient (Wildman–Crippen LogP) is 3.24. The summed E-state index contributed by atoms with van der Waals surface area (Å²) < 4.78 is 5.53. The zero-order valence-electron chi connectivity index (χ0n) is 16.9. The van der Waals surface area contributed by atoms with Crippen LogP contribution in [0.5, 0.6) is 17.2 Å². The van der Waals surface area contributed by atoms with Crippen molar-refractivity contribution in [2.24, 2.45) is 0 Å². The van der Waals surface area contributed by atoms with E-state index in [4.69, 9.17) is 4.74 Å². The second-order valence-corrected chi connectivity index (χ2v) is 7.02. The Kier molecular flexibility index (Phi) is 6.72. The van der Waals surface area contributed by atoms with Crippen molar-refractivity contribution >= 4 is 18.3 Å². The fourth-order valence-corrected chi connectivity index (χ4v) is 3.87. The molecule has 1 aliphatic heterocycles. The van der Waals surface area contributed by atoms with Gasteiger partial charge in [-0.1, -0.05) is 18.2 Å². The Balaban J connectivity index is 0.00000272. The summed E-state index contributed by atoms with van der Waals surface area (Å²) in [5.41, 5.74) is 2.73. The maximum absolute atomic E-state index is 13.1. The van der Waals surface area contributed by atoms with Crippen molar-refractivity contribution in [1.29, 1.82) is 0 Å². The molecule has 0 radical (unpaired) electrons. The number of hydrogen-bond acceptors (Lipinski definition) is 6. The summed E-state index contributed by atoms with van der Waals surface area (Å²) in [7, 11) is 0. The van der Waals surface area contributed by atoms with E-state index in [1.54, 1.807) is 41.3 Å². The third-order valence-corrected chi connectivity index (χ3v) is 5.18. The summed E-state index contributed by atoms with van der Waals surface area (Å²) in [6.07, 6.45) is 0.419. The largest absolute Gasteiger partial charge is 0.507 e. The zero-order valence-corrected chi connectivity index (χ0v) is 17.7. The highest BCUT2D eigenvalue weighted by Gasteiger charge is 2.42. The van der Waals surface area contributed by atoms with Crippen LogP contribution >= 0.6 is 12.4 Å². The van der Waals surface area contributed by atoms with Gasteiger partial charge in [0.05, 0.1) is 12.6 Å². The first-order valence-electron chi connectivity index (χ1n) is 9.81. The molecule has 1 aromatic heterocycles. The maximum atomic E-state index is 13.1. The van der Waals surface area contributed by atoms with E-state index in [-0.39, 0.29) is 36.4 Å². The standard InChI is InChI=1S/C22H23N3O5.ClH/c1-2-30-17-12-13(8-9-16(17)28)21-18-19(14-6-3-4-7-15(14)27)23-24-20(18)22(29)25(21)10-5-11-26;/h3-4,6-9,12,21,26-28H,2,5,10-11H2,1H3,(H,23,24);1H. The van der Waals surface area contributed by atoms with Crippen molar-refractivity contribution in [3.63, 3.8) is 0 Å². The van der Waals surface area contributed by atoms with E-state index in [2.05, 4.69) is 10.2 Å². The van der Waals surface area contributed by atoms with Gasteiger partial charge in [0.25, 0.3) is 5.91 Å². The number of nitrogens with one attached hydrogen (secondary N) is 1. The zero-order chi connectivity index (χ0) is 21.3. The van der Waals surface area contributed by atoms with E-state index in [1.807, 2.05) is 6.92 Å². The molecule has 0 aliphatic carbocycles. The number of phenols is 2. The Morgan fingerprint density at radius 2 is 1.94 bits per heavy atom. The van der Waals surface area contributed by atoms with Gasteiger partial charge in [-0.3, -0.25) is 9.89 Å². The van der Waals surface area contributed by atoms with Crippen molar-refractivity contribution < 1.29 is 24.9 Å². The molecule has 3 aromatic rings. The van der Waals surface area contributed by atoms with Crippen LogP contribution in [0.25, 0.3) is 11.3 Å². The number of phenolic OH excluding ortho intramolecular Hbond substituents is 2. The number of amides is 1. The van der Waals surface area contributed by atoms with Gasteiger partial charge in [-0.15, -0.1) is 12.4 Å². The maximum Gasteiger partial charge on any atom is 0.273 e. The monoisotopic (exact) mass is 445 g/mol. The molecule has 1 atom stereocenters. The highest BCUT2D eigenvalue weighted by Crippen LogP contribution is 2.45. The second kappa shape index (κ2) is 9.28. The number of nitrogens with zero attached hydrogens (tertiary/aromatic N) is 2. The molecule has 2 heterocycles. The van der Waals surface area contributed by atoms with Gasteiger partial charge in [0, 0.05) is 24.3 Å². The lowest BCUT2D eigenvalue weighted by atomic mass is 9.95. The summed E-state index contributed by atoms with van der Waals surface area (Å²) in [6.45, 7) is 2.50. The van der Waals surface area contributed by atoms with Crippen molar-refractivity contribution in [3.05, 3.63) is 59.3 Å². The summed E-state index contributed by atoms with van der Waals surface area (Å²) in [5.74, 6) is 0.168. The molecule has 0 saturated carbocycles. The third kappa shape index (κ3) is 3.92. The minimum absolute atomic E-state index is 0. The summed E-state index contributed by atoms with van der Waals surface area (Å²) in [6, 6.07) is 11.3. The first-order valence-corrected chi connectivity index (χ1v) is 9.81. The first-order chi connectivity index (χ1) is 14.6. The Morgan fingerprint density at radius 3 is 2.65 bits per heavy atom. The number of aliphatic hydroxyl groups excluding tert-OH is 1. The van der Waals surface area contributed by atoms with E-state index in [1.165, 1.54) is 6.07 Å². The first kappa shape index (κ1) is 22.5. The highest BCUT2D eigenvalue weighted by molar-refractivity contribution is 6.00. The number of aliphatic hydroxyl groups is 1. The Hall–Kier alpha value is -3.23. The topological polar surface area (TPSA) is 119 Å². The molecule has 0 spiro atoms. The number of fused-ring (bicyclic) bond motifs is 1. The van der Waals surface area contributed by atoms with Gasteiger partial charge in [0.2, 0.25) is 0 Å². The number of aromatic amines is 1. The molecule has 0 bridgehead atoms. The van der Waals surface area contributed by atoms with Gasteiger partial charge >= 0.3 is 0 Å². The Bertz CT molecular complexity index is 1080. The summed E-state index contributed by atoms with van der Waals surface area (Å²) in [5, 5.41) is 36.9. The Labute approximate surface area is 185 Å². The van der Waals surface area contributed by atoms with Crippen molar-refractivity contribution in [3.8, 4) is 28.5 Å². The SMILES string of the molecule is CCOc1cc(C2c3c(-c4ccccc4O)n[nH]c3C(=O)N2CCCO)ccc1O.Cl. The van der Waals surface area contributed by atoms with Gasteiger partial charge in [-0.25, -0.2) is 0 Å². The number of carbonyl (C=O) groups excluding carboxylic acids is 1. The predicted molar refractivity (Wildman–Crippen MR) is 117 cm³/mol. The number of ether oxygens (including phenoxy) is 1. The number of carbonyl (C=O) groups is 1. The van der Waals surface area contributed by atoms with Gasteiger partial charge in [0.15, 0.2) is 11.5 Å². The lowest BCUT2D eigenvalue weighted by Crippen LogP contribution is -2.31. The molecule has 164 valence electrons. The number of benzene rings is 2. The van der Waals surface area contributed by atoms with Crippen molar-refractivity contribution in [1.82, 2.24) is 15.1 Å². The van der Waals surface area contributed by atoms with Crippen LogP contribution in [0.2, 0.25) is 0 Å². The molecular formula is C22H24ClN3O5. The smallest absolute Gasteiger partial charge is 0.273 e. The number of hydrogen-bond donors (Lipinski definition) is 4. The van der Waals surface area contributed by atoms with Gasteiger partial charge in [-0.05, 0) is 43.2 Å². The highest BCUT2D eigenvalue weighted by atomic mass is 35.5. The molecule has 0 fully saturated rings. The lowest BCUT2D eigenvalue weighted by Gasteiger charge is -2.26. The molecule has 1 amide bonds. The van der Waals surface area contributed by atoms with Crippen molar-refractivity contribution in [2.45, 2.75) is 19.4 Å². The molecule has 4 rings (SSSR count). The minimum atomic E-state index is -0.507. The van der Waals surface area contributed by atoms with E-state index in [0.717, 1.165) is 5.56 Å². The van der Waals surface area contributed by atoms with Gasteiger partial charge in [0.1, 0.15) is 17.1 Å². The Morgan fingerprint density at radius 1 is 1.16 bits per heavy atom. The fraction of sp³-hybridized carbons (Fsp3) is 0.273. The average molecular weight is 446 g/mol. The van der Waals surface area contributed by atoms with Crippen LogP contribution in [0.15, 0.2) is 42.5 Å².